The number of carbonyl (C=O) groups excluding carboxylic acids is 3. The molecule has 0 aromatic carbocycles. The zero-order chi connectivity index (χ0) is 25.6. The molecule has 34 heavy (non-hydrogen) atoms. The van der Waals surface area contributed by atoms with Crippen molar-refractivity contribution in [3.8, 4) is 0 Å². The number of aliphatic hydroxyl groups excluding tert-OH is 1. The molecule has 0 unspecified atom stereocenters. The summed E-state index contributed by atoms with van der Waals surface area (Å²) in [4.78, 5) is 33.8. The number of hydrogen-bond acceptors (Lipinski definition) is 6. The number of cyclic esters (lactones) is 1. The van der Waals surface area contributed by atoms with Gasteiger partial charge in [0.05, 0.1) is 17.9 Å². The summed E-state index contributed by atoms with van der Waals surface area (Å²) in [5.41, 5.74) is 5.26. The number of primary amides is 1. The van der Waals surface area contributed by atoms with Gasteiger partial charge in [0.1, 0.15) is 12.2 Å². The molecule has 1 saturated heterocycles. The fraction of sp³-hybridized carbons (Fsp3) is 0.741. The Kier molecular flexibility index (Phi) is 9.92. The predicted octanol–water partition coefficient (Wildman–Crippen LogP) is 4.08. The molecule has 2 aliphatic carbocycles. The number of ether oxygens (including phenoxy) is 2. The van der Waals surface area contributed by atoms with E-state index in [9.17, 15) is 19.5 Å². The van der Waals surface area contributed by atoms with Crippen LogP contribution in [0.25, 0.3) is 0 Å². The Hall–Kier alpha value is -2.15. The van der Waals surface area contributed by atoms with E-state index in [2.05, 4.69) is 37.8 Å². The average molecular weight is 478 g/mol. The Morgan fingerprint density at radius 2 is 1.88 bits per heavy atom. The molecule has 3 aliphatic rings. The summed E-state index contributed by atoms with van der Waals surface area (Å²) < 4.78 is 11.6. The molecular formula is C27H43NO6. The third-order valence-electron chi connectivity index (χ3n) is 7.35. The van der Waals surface area contributed by atoms with Crippen LogP contribution in [0.5, 0.6) is 0 Å². The van der Waals surface area contributed by atoms with E-state index in [0.717, 1.165) is 25.7 Å². The first kappa shape index (κ1) is 28.1. The Morgan fingerprint density at radius 3 is 2.47 bits per heavy atom. The summed E-state index contributed by atoms with van der Waals surface area (Å²) in [5, 5.41) is 9.92. The van der Waals surface area contributed by atoms with Gasteiger partial charge in [0.15, 0.2) is 0 Å². The zero-order valence-corrected chi connectivity index (χ0v) is 21.6. The molecule has 0 aromatic heterocycles. The lowest BCUT2D eigenvalue weighted by Gasteiger charge is -2.44. The summed E-state index contributed by atoms with van der Waals surface area (Å²) >= 11 is 0. The third-order valence-corrected chi connectivity index (χ3v) is 7.35. The van der Waals surface area contributed by atoms with Gasteiger partial charge in [-0.3, -0.25) is 14.4 Å². The lowest BCUT2D eigenvalue weighted by molar-refractivity contribution is -0.166. The van der Waals surface area contributed by atoms with E-state index >= 15 is 0 Å². The van der Waals surface area contributed by atoms with Gasteiger partial charge in [-0.1, -0.05) is 39.0 Å². The quantitative estimate of drug-likeness (QED) is 0.557. The Bertz CT molecular complexity index is 797. The van der Waals surface area contributed by atoms with Crippen molar-refractivity contribution in [1.82, 2.24) is 0 Å². The highest BCUT2D eigenvalue weighted by molar-refractivity contribution is 5.76. The van der Waals surface area contributed by atoms with Gasteiger partial charge in [-0.05, 0) is 62.9 Å². The van der Waals surface area contributed by atoms with E-state index in [0.29, 0.717) is 24.2 Å². The minimum Gasteiger partial charge on any atom is -0.462 e. The Labute approximate surface area is 204 Å². The minimum atomic E-state index is -0.601. The first-order valence-corrected chi connectivity index (χ1v) is 12.6. The number of amides is 1. The van der Waals surface area contributed by atoms with Crippen LogP contribution in [0, 0.1) is 29.1 Å². The molecule has 0 aromatic rings. The summed E-state index contributed by atoms with van der Waals surface area (Å²) in [7, 11) is 0. The first-order valence-electron chi connectivity index (χ1n) is 12.6. The molecule has 3 rings (SSSR count). The maximum absolute atomic E-state index is 12.9. The van der Waals surface area contributed by atoms with Gasteiger partial charge < -0.3 is 20.3 Å². The summed E-state index contributed by atoms with van der Waals surface area (Å²) in [6.45, 7) is 11.6. The fourth-order valence-corrected chi connectivity index (χ4v) is 5.08. The molecule has 7 atom stereocenters. The van der Waals surface area contributed by atoms with Crippen molar-refractivity contribution in [3.05, 3.63) is 23.8 Å². The lowest BCUT2D eigenvalue weighted by Crippen LogP contribution is -2.43. The molecule has 0 bridgehead atoms. The molecule has 0 saturated carbocycles. The fourth-order valence-electron chi connectivity index (χ4n) is 5.08. The second-order valence-corrected chi connectivity index (χ2v) is 10.9. The van der Waals surface area contributed by atoms with Crippen molar-refractivity contribution in [3.63, 3.8) is 0 Å². The second kappa shape index (κ2) is 12.0. The highest BCUT2D eigenvalue weighted by Gasteiger charge is 2.43. The third kappa shape index (κ3) is 7.69. The molecule has 0 radical (unpaired) electrons. The number of fused-ring (bicyclic) bond motifs is 1. The molecule has 7 nitrogen and oxygen atoms in total. The number of carbonyl (C=O) groups is 3. The van der Waals surface area contributed by atoms with Crippen LogP contribution in [0.2, 0.25) is 0 Å². The molecule has 1 heterocycles. The van der Waals surface area contributed by atoms with Crippen molar-refractivity contribution in [2.45, 2.75) is 98.4 Å². The second-order valence-electron chi connectivity index (χ2n) is 10.9. The number of aliphatic hydroxyl groups is 1. The highest BCUT2D eigenvalue weighted by Crippen LogP contribution is 2.45. The van der Waals surface area contributed by atoms with Gasteiger partial charge in [0.2, 0.25) is 5.91 Å². The Balaban J connectivity index is 0.000000945. The smallest absolute Gasteiger partial charge is 0.311 e. The van der Waals surface area contributed by atoms with E-state index < -0.39 is 11.5 Å². The van der Waals surface area contributed by atoms with E-state index in [1.807, 2.05) is 20.8 Å². The van der Waals surface area contributed by atoms with Gasteiger partial charge >= 0.3 is 11.9 Å². The SMILES string of the molecule is CC(N)=O.CCC(C)(C)C(=O)O[C@@H]1C[C@H](C)C=C2C=C[C@@H](C)[C@@H](CC[C@@H]3C[C@H](O)CC(=O)O3)[C@@H]21. The van der Waals surface area contributed by atoms with Crippen molar-refractivity contribution in [2.75, 3.05) is 0 Å². The standard InChI is InChI=1S/C25H38O5.C2H5NO/c1-6-25(4,5)24(28)30-21-12-15(2)11-17-8-7-16(3)20(23(17)21)10-9-19-13-18(26)14-22(27)29-19;1-2(3)4/h7-8,11,15-16,18-21,23,26H,6,9-10,12-14H2,1-5H3;1H3,(H2,3,4)/t15-,16-,18+,19-,20-,21-,23-;/m1./s1. The zero-order valence-electron chi connectivity index (χ0n) is 21.6. The molecule has 1 fully saturated rings. The first-order chi connectivity index (χ1) is 15.8. The van der Waals surface area contributed by atoms with Crippen molar-refractivity contribution in [1.29, 1.82) is 0 Å². The van der Waals surface area contributed by atoms with Crippen LogP contribution in [0.1, 0.15) is 80.1 Å². The van der Waals surface area contributed by atoms with E-state index in [1.165, 1.54) is 12.5 Å². The predicted molar refractivity (Wildman–Crippen MR) is 130 cm³/mol. The topological polar surface area (TPSA) is 116 Å². The van der Waals surface area contributed by atoms with Gasteiger partial charge in [-0.25, -0.2) is 0 Å². The highest BCUT2D eigenvalue weighted by atomic mass is 16.6. The van der Waals surface area contributed by atoms with E-state index in [4.69, 9.17) is 9.47 Å². The molecule has 1 aliphatic heterocycles. The summed E-state index contributed by atoms with van der Waals surface area (Å²) in [6.07, 6.45) is 9.61. The molecule has 7 heteroatoms. The van der Waals surface area contributed by atoms with E-state index in [-0.39, 0.29) is 42.4 Å². The van der Waals surface area contributed by atoms with Gasteiger partial charge in [0, 0.05) is 19.3 Å². The van der Waals surface area contributed by atoms with Crippen LogP contribution in [0.3, 0.4) is 0 Å². The lowest BCUT2D eigenvalue weighted by atomic mass is 9.65. The van der Waals surface area contributed by atoms with Gasteiger partial charge in [0.25, 0.3) is 0 Å². The largest absolute Gasteiger partial charge is 0.462 e. The molecule has 0 spiro atoms. The number of nitrogens with two attached hydrogens (primary N) is 1. The molecule has 3 N–H and O–H groups in total. The molecule has 192 valence electrons. The Morgan fingerprint density at radius 1 is 1.24 bits per heavy atom. The monoisotopic (exact) mass is 477 g/mol. The maximum atomic E-state index is 12.9. The number of allylic oxidation sites excluding steroid dienone is 3. The number of esters is 2. The molecular weight excluding hydrogens is 434 g/mol. The van der Waals surface area contributed by atoms with Crippen LogP contribution in [0.4, 0.5) is 0 Å². The minimum absolute atomic E-state index is 0.0949. The number of rotatable bonds is 6. The van der Waals surface area contributed by atoms with Crippen LogP contribution >= 0.6 is 0 Å². The number of hydrogen-bond donors (Lipinski definition) is 2. The van der Waals surface area contributed by atoms with E-state index in [1.54, 1.807) is 0 Å². The maximum Gasteiger partial charge on any atom is 0.311 e. The van der Waals surface area contributed by atoms with Gasteiger partial charge in [-0.15, -0.1) is 0 Å². The van der Waals surface area contributed by atoms with Crippen LogP contribution in [-0.4, -0.2) is 41.3 Å². The van der Waals surface area contributed by atoms with Crippen molar-refractivity contribution < 1.29 is 29.0 Å². The van der Waals surface area contributed by atoms with Gasteiger partial charge in [-0.2, -0.15) is 0 Å². The van der Waals surface area contributed by atoms with Crippen molar-refractivity contribution >= 4 is 17.8 Å². The summed E-state index contributed by atoms with van der Waals surface area (Å²) in [6, 6.07) is 0. The molecule has 1 amide bonds. The normalized spacial score (nSPS) is 33.0. The van der Waals surface area contributed by atoms with Crippen molar-refractivity contribution in [2.24, 2.45) is 34.8 Å². The summed E-state index contributed by atoms with van der Waals surface area (Å²) in [5.74, 6) is 0.443. The van der Waals surface area contributed by atoms with Crippen LogP contribution in [0.15, 0.2) is 23.8 Å². The van der Waals surface area contributed by atoms with Crippen LogP contribution < -0.4 is 5.73 Å². The van der Waals surface area contributed by atoms with Crippen LogP contribution in [-0.2, 0) is 23.9 Å². The average Bonchev–Trinajstić information content (AvgIpc) is 2.72.